The Hall–Kier alpha value is -6.09. The molecule has 2 aromatic heterocycles. The average molecular weight is 723 g/mol. The molecule has 2 aliphatic rings. The van der Waals surface area contributed by atoms with Crippen LogP contribution in [0.1, 0.15) is 61.3 Å². The highest BCUT2D eigenvalue weighted by Gasteiger charge is 2.34. The summed E-state index contributed by atoms with van der Waals surface area (Å²) in [5.74, 6) is 0.253. The third-order valence-electron chi connectivity index (χ3n) is 11.1. The van der Waals surface area contributed by atoms with E-state index < -0.39 is 6.16 Å². The van der Waals surface area contributed by atoms with Crippen LogP contribution >= 0.6 is 0 Å². The Labute approximate surface area is 313 Å². The third kappa shape index (κ3) is 6.89. The second kappa shape index (κ2) is 13.7. The van der Waals surface area contributed by atoms with E-state index in [1.807, 2.05) is 46.0 Å². The molecular weight excluding hydrogens is 683 g/mol. The molecule has 0 fully saturated rings. The zero-order valence-electron chi connectivity index (χ0n) is 30.6. The van der Waals surface area contributed by atoms with Crippen molar-refractivity contribution in [3.05, 3.63) is 166 Å². The molecule has 2 atom stereocenters. The number of benzene rings is 4. The van der Waals surface area contributed by atoms with Gasteiger partial charge in [-0.3, -0.25) is 0 Å². The van der Waals surface area contributed by atoms with E-state index in [0.29, 0.717) is 11.5 Å². The molecule has 0 amide bonds. The standard InChI is InChI=1S/C45H40F2N4O3/c1-29-21-41-33(27-48-50(41)37-13-9-35(46)10-14-37)25-44(29,3)23-31-5-17-39(18-6-31)53-43(52)54-40-19-7-32(8-20-40)24-45(4)26-34-28-49-51(42(34)22-30(45)2)38-15-11-36(47)12-16-38/h5-22,27-28H,23-26H2,1-4H3/t44-,45-/m0/s1. The van der Waals surface area contributed by atoms with Crippen molar-refractivity contribution in [3.8, 4) is 22.9 Å². The fourth-order valence-corrected chi connectivity index (χ4v) is 7.69. The largest absolute Gasteiger partial charge is 0.519 e. The van der Waals surface area contributed by atoms with Gasteiger partial charge < -0.3 is 9.47 Å². The highest BCUT2D eigenvalue weighted by atomic mass is 19.1. The minimum atomic E-state index is -0.803. The summed E-state index contributed by atoms with van der Waals surface area (Å²) in [6.45, 7) is 8.78. The number of aromatic nitrogens is 4. The summed E-state index contributed by atoms with van der Waals surface area (Å²) in [7, 11) is 0. The number of ether oxygens (including phenoxy) is 2. The molecule has 0 spiro atoms. The van der Waals surface area contributed by atoms with E-state index in [4.69, 9.17) is 9.47 Å². The van der Waals surface area contributed by atoms with E-state index in [9.17, 15) is 13.6 Å². The van der Waals surface area contributed by atoms with E-state index in [2.05, 4.69) is 50.0 Å². The van der Waals surface area contributed by atoms with E-state index in [1.165, 1.54) is 35.4 Å². The maximum absolute atomic E-state index is 13.5. The van der Waals surface area contributed by atoms with Crippen molar-refractivity contribution in [2.75, 3.05) is 0 Å². The minimum Gasteiger partial charge on any atom is -0.395 e. The number of fused-ring (bicyclic) bond motifs is 2. The smallest absolute Gasteiger partial charge is 0.395 e. The van der Waals surface area contributed by atoms with Gasteiger partial charge in [0.25, 0.3) is 0 Å². The number of halogens is 2. The fourth-order valence-electron chi connectivity index (χ4n) is 7.69. The zero-order valence-corrected chi connectivity index (χ0v) is 30.6. The number of allylic oxidation sites excluding steroid dienone is 2. The van der Waals surface area contributed by atoms with Gasteiger partial charge >= 0.3 is 6.16 Å². The van der Waals surface area contributed by atoms with Crippen molar-refractivity contribution in [3.63, 3.8) is 0 Å². The molecule has 0 bridgehead atoms. The first-order chi connectivity index (χ1) is 25.9. The molecule has 2 heterocycles. The quantitative estimate of drug-likeness (QED) is 0.116. The SMILES string of the molecule is CC1=Cc2c(cnn2-c2ccc(F)cc2)C[C@]1(C)Cc1ccc(OC(=O)Oc2ccc(C[C@@]3(C)Cc4cnn(-c5ccc(F)cc5)c4C=C3C)cc2)cc1. The lowest BCUT2D eigenvalue weighted by Crippen LogP contribution is -2.27. The molecule has 8 rings (SSSR count). The van der Waals surface area contributed by atoms with Gasteiger partial charge in [-0.2, -0.15) is 10.2 Å². The van der Waals surface area contributed by atoms with Crippen LogP contribution in [0.5, 0.6) is 11.5 Å². The molecule has 2 aliphatic carbocycles. The lowest BCUT2D eigenvalue weighted by molar-refractivity contribution is 0.152. The maximum atomic E-state index is 13.5. The van der Waals surface area contributed by atoms with Crippen molar-refractivity contribution in [1.82, 2.24) is 19.6 Å². The van der Waals surface area contributed by atoms with Crippen LogP contribution < -0.4 is 9.47 Å². The summed E-state index contributed by atoms with van der Waals surface area (Å²) in [6.07, 6.45) is 10.6. The first kappa shape index (κ1) is 35.0. The Bertz CT molecular complexity index is 2240. The number of carbonyl (C=O) groups excluding carboxylic acids is 1. The summed E-state index contributed by atoms with van der Waals surface area (Å²) in [5.41, 5.74) is 10.4. The summed E-state index contributed by atoms with van der Waals surface area (Å²) in [5, 5.41) is 9.20. The van der Waals surface area contributed by atoms with Crippen LogP contribution in [0.2, 0.25) is 0 Å². The summed E-state index contributed by atoms with van der Waals surface area (Å²) < 4.78 is 41.8. The van der Waals surface area contributed by atoms with Crippen molar-refractivity contribution < 1.29 is 23.0 Å². The highest BCUT2D eigenvalue weighted by molar-refractivity contribution is 5.67. The van der Waals surface area contributed by atoms with Crippen molar-refractivity contribution >= 4 is 18.3 Å². The van der Waals surface area contributed by atoms with Crippen LogP contribution in [0.25, 0.3) is 23.5 Å². The van der Waals surface area contributed by atoms with Gasteiger partial charge in [0.2, 0.25) is 0 Å². The van der Waals surface area contributed by atoms with Crippen LogP contribution in [0.4, 0.5) is 13.6 Å². The summed E-state index contributed by atoms with van der Waals surface area (Å²) >= 11 is 0. The summed E-state index contributed by atoms with van der Waals surface area (Å²) in [6, 6.07) is 27.8. The summed E-state index contributed by atoms with van der Waals surface area (Å²) in [4.78, 5) is 12.7. The van der Waals surface area contributed by atoms with Crippen molar-refractivity contribution in [2.45, 2.75) is 53.4 Å². The Morgan fingerprint density at radius 2 is 0.981 bits per heavy atom. The van der Waals surface area contributed by atoms with Crippen LogP contribution in [0, 0.1) is 22.5 Å². The second-order valence-electron chi connectivity index (χ2n) is 15.1. The molecule has 7 nitrogen and oxygen atoms in total. The first-order valence-electron chi connectivity index (χ1n) is 18.1. The normalized spacial score (nSPS) is 19.0. The molecule has 4 aromatic carbocycles. The Balaban J connectivity index is 0.862. The van der Waals surface area contributed by atoms with E-state index in [-0.39, 0.29) is 22.5 Å². The molecule has 9 heteroatoms. The topological polar surface area (TPSA) is 71.2 Å². The molecule has 272 valence electrons. The van der Waals surface area contributed by atoms with Gasteiger partial charge in [-0.05, 0) is 158 Å². The van der Waals surface area contributed by atoms with E-state index >= 15 is 0 Å². The molecule has 0 saturated heterocycles. The predicted molar refractivity (Wildman–Crippen MR) is 205 cm³/mol. The van der Waals surface area contributed by atoms with E-state index in [0.717, 1.165) is 70.7 Å². The van der Waals surface area contributed by atoms with Crippen LogP contribution in [0.3, 0.4) is 0 Å². The van der Waals surface area contributed by atoms with Gasteiger partial charge in [0.05, 0.1) is 35.2 Å². The monoisotopic (exact) mass is 722 g/mol. The molecule has 0 saturated carbocycles. The molecular formula is C45H40F2N4O3. The fraction of sp³-hybridized carbons (Fsp3) is 0.222. The Morgan fingerprint density at radius 1 is 0.611 bits per heavy atom. The predicted octanol–water partition coefficient (Wildman–Crippen LogP) is 10.3. The zero-order chi connectivity index (χ0) is 37.6. The van der Waals surface area contributed by atoms with Crippen LogP contribution in [-0.2, 0) is 25.7 Å². The molecule has 0 aliphatic heterocycles. The van der Waals surface area contributed by atoms with Crippen LogP contribution in [0.15, 0.2) is 121 Å². The van der Waals surface area contributed by atoms with Crippen molar-refractivity contribution in [1.29, 1.82) is 0 Å². The highest BCUT2D eigenvalue weighted by Crippen LogP contribution is 2.43. The van der Waals surface area contributed by atoms with E-state index in [1.54, 1.807) is 48.5 Å². The van der Waals surface area contributed by atoms with Gasteiger partial charge in [-0.15, -0.1) is 0 Å². The molecule has 0 radical (unpaired) electrons. The van der Waals surface area contributed by atoms with Gasteiger partial charge in [-0.1, -0.05) is 49.3 Å². The number of rotatable bonds is 8. The van der Waals surface area contributed by atoms with Gasteiger partial charge in [0, 0.05) is 0 Å². The Kier molecular flexibility index (Phi) is 8.88. The first-order valence-corrected chi connectivity index (χ1v) is 18.1. The minimum absolute atomic E-state index is 0.127. The lowest BCUT2D eigenvalue weighted by atomic mass is 9.70. The third-order valence-corrected chi connectivity index (χ3v) is 11.1. The number of hydrogen-bond acceptors (Lipinski definition) is 5. The van der Waals surface area contributed by atoms with Crippen LogP contribution in [-0.4, -0.2) is 25.7 Å². The lowest BCUT2D eigenvalue weighted by Gasteiger charge is -2.34. The molecule has 6 aromatic rings. The number of carbonyl (C=O) groups is 1. The second-order valence-corrected chi connectivity index (χ2v) is 15.1. The maximum Gasteiger partial charge on any atom is 0.519 e. The number of hydrogen-bond donors (Lipinski definition) is 0. The Morgan fingerprint density at radius 3 is 1.35 bits per heavy atom. The van der Waals surface area contributed by atoms with Gasteiger partial charge in [0.15, 0.2) is 0 Å². The van der Waals surface area contributed by atoms with Gasteiger partial charge in [-0.25, -0.2) is 22.9 Å². The van der Waals surface area contributed by atoms with Gasteiger partial charge in [0.1, 0.15) is 23.1 Å². The molecule has 54 heavy (non-hydrogen) atoms. The molecule has 0 N–H and O–H groups in total. The average Bonchev–Trinajstić information content (AvgIpc) is 3.74. The number of nitrogens with zero attached hydrogens (tertiary/aromatic N) is 4. The molecule has 0 unspecified atom stereocenters. The van der Waals surface area contributed by atoms with Crippen molar-refractivity contribution in [2.24, 2.45) is 10.8 Å².